The first kappa shape index (κ1) is 18.4. The maximum atomic E-state index is 12.1. The van der Waals surface area contributed by atoms with Crippen molar-refractivity contribution in [2.24, 2.45) is 0 Å². The molecule has 140 valence electrons. The third kappa shape index (κ3) is 4.22. The number of aromatic nitrogens is 2. The summed E-state index contributed by atoms with van der Waals surface area (Å²) in [5, 5.41) is 24.8. The van der Waals surface area contributed by atoms with Crippen molar-refractivity contribution in [2.75, 3.05) is 16.4 Å². The molecule has 9 heteroatoms. The Balaban J connectivity index is 1.63. The molecule has 2 atom stereocenters. The SMILES string of the molecule is Cc1ccc(NC(=O)[C@H](O)[C@@H](O)C(=O)Nc2ccc3nc(N)[nH]c3c2)cc1. The van der Waals surface area contributed by atoms with Crippen molar-refractivity contribution < 1.29 is 19.8 Å². The van der Waals surface area contributed by atoms with E-state index < -0.39 is 24.0 Å². The Morgan fingerprint density at radius 3 is 2.19 bits per heavy atom. The second-order valence-corrected chi connectivity index (χ2v) is 6.09. The molecule has 7 N–H and O–H groups in total. The fourth-order valence-electron chi connectivity index (χ4n) is 2.46. The zero-order valence-corrected chi connectivity index (χ0v) is 14.4. The van der Waals surface area contributed by atoms with Gasteiger partial charge in [0.05, 0.1) is 11.0 Å². The fourth-order valence-corrected chi connectivity index (χ4v) is 2.46. The normalized spacial score (nSPS) is 13.1. The second kappa shape index (κ2) is 7.44. The number of carbonyl (C=O) groups is 2. The molecule has 0 spiro atoms. The number of carbonyl (C=O) groups excluding carboxylic acids is 2. The van der Waals surface area contributed by atoms with Crippen molar-refractivity contribution in [1.82, 2.24) is 9.97 Å². The summed E-state index contributed by atoms with van der Waals surface area (Å²) < 4.78 is 0. The van der Waals surface area contributed by atoms with Gasteiger partial charge < -0.3 is 31.6 Å². The summed E-state index contributed by atoms with van der Waals surface area (Å²) in [4.78, 5) is 31.0. The van der Waals surface area contributed by atoms with Crippen LogP contribution >= 0.6 is 0 Å². The van der Waals surface area contributed by atoms with E-state index in [0.29, 0.717) is 22.4 Å². The molecule has 0 saturated heterocycles. The van der Waals surface area contributed by atoms with E-state index in [1.807, 2.05) is 6.92 Å². The summed E-state index contributed by atoms with van der Waals surface area (Å²) in [6, 6.07) is 11.6. The Bertz CT molecular complexity index is 983. The molecule has 0 aliphatic carbocycles. The maximum Gasteiger partial charge on any atom is 0.256 e. The largest absolute Gasteiger partial charge is 0.380 e. The summed E-state index contributed by atoms with van der Waals surface area (Å²) in [6.45, 7) is 1.89. The Kier molecular flexibility index (Phi) is 5.06. The molecule has 3 aromatic rings. The number of imidazole rings is 1. The molecule has 0 unspecified atom stereocenters. The molecular formula is C18H19N5O4. The first-order chi connectivity index (χ1) is 12.8. The van der Waals surface area contributed by atoms with Crippen LogP contribution in [-0.2, 0) is 9.59 Å². The monoisotopic (exact) mass is 369 g/mol. The lowest BCUT2D eigenvalue weighted by Crippen LogP contribution is -2.45. The second-order valence-electron chi connectivity index (χ2n) is 6.09. The summed E-state index contributed by atoms with van der Waals surface area (Å²) in [5.41, 5.74) is 8.57. The highest BCUT2D eigenvalue weighted by Gasteiger charge is 2.30. The summed E-state index contributed by atoms with van der Waals surface area (Å²) in [7, 11) is 0. The number of nitrogens with zero attached hydrogens (tertiary/aromatic N) is 1. The van der Waals surface area contributed by atoms with E-state index in [2.05, 4.69) is 20.6 Å². The molecule has 1 aromatic heterocycles. The number of nitrogens with one attached hydrogen (secondary N) is 3. The summed E-state index contributed by atoms with van der Waals surface area (Å²) in [5.74, 6) is -1.58. The number of fused-ring (bicyclic) bond motifs is 1. The van der Waals surface area contributed by atoms with Crippen LogP contribution in [0, 0.1) is 6.92 Å². The van der Waals surface area contributed by atoms with Crippen LogP contribution in [0.15, 0.2) is 42.5 Å². The number of anilines is 3. The number of amides is 2. The molecule has 27 heavy (non-hydrogen) atoms. The van der Waals surface area contributed by atoms with E-state index >= 15 is 0 Å². The van der Waals surface area contributed by atoms with Gasteiger partial charge in [-0.25, -0.2) is 4.98 Å². The van der Waals surface area contributed by atoms with Gasteiger partial charge in [-0.1, -0.05) is 17.7 Å². The van der Waals surface area contributed by atoms with Crippen LogP contribution in [0.3, 0.4) is 0 Å². The topological polar surface area (TPSA) is 153 Å². The molecule has 2 aromatic carbocycles. The van der Waals surface area contributed by atoms with Crippen LogP contribution in [0.5, 0.6) is 0 Å². The Hall–Kier alpha value is -3.43. The lowest BCUT2D eigenvalue weighted by atomic mass is 10.1. The van der Waals surface area contributed by atoms with Crippen LogP contribution in [0.4, 0.5) is 17.3 Å². The van der Waals surface area contributed by atoms with Crippen LogP contribution < -0.4 is 16.4 Å². The van der Waals surface area contributed by atoms with Crippen molar-refractivity contribution in [2.45, 2.75) is 19.1 Å². The highest BCUT2D eigenvalue weighted by atomic mass is 16.3. The van der Waals surface area contributed by atoms with E-state index in [1.165, 1.54) is 0 Å². The highest BCUT2D eigenvalue weighted by molar-refractivity contribution is 6.02. The number of rotatable bonds is 5. The Morgan fingerprint density at radius 1 is 1.00 bits per heavy atom. The standard InChI is InChI=1S/C18H19N5O4/c1-9-2-4-10(5-3-9)20-16(26)14(24)15(25)17(27)21-11-6-7-12-13(8-11)23-18(19)22-12/h2-8,14-15,24-25H,1H3,(H,20,26)(H,21,27)(H3,19,22,23)/t14-,15-/m1/s1. The number of hydrogen-bond donors (Lipinski definition) is 6. The third-order valence-electron chi connectivity index (χ3n) is 3.92. The van der Waals surface area contributed by atoms with Gasteiger partial charge in [-0.3, -0.25) is 9.59 Å². The maximum absolute atomic E-state index is 12.1. The van der Waals surface area contributed by atoms with Gasteiger partial charge in [-0.2, -0.15) is 0 Å². The number of nitrogen functional groups attached to an aromatic ring is 1. The zero-order valence-electron chi connectivity index (χ0n) is 14.4. The van der Waals surface area contributed by atoms with Crippen molar-refractivity contribution in [3.63, 3.8) is 0 Å². The zero-order chi connectivity index (χ0) is 19.6. The van der Waals surface area contributed by atoms with E-state index in [0.717, 1.165) is 5.56 Å². The first-order valence-corrected chi connectivity index (χ1v) is 8.13. The summed E-state index contributed by atoms with van der Waals surface area (Å²) >= 11 is 0. The molecular weight excluding hydrogens is 350 g/mol. The minimum atomic E-state index is -1.95. The smallest absolute Gasteiger partial charge is 0.256 e. The molecule has 3 rings (SSSR count). The molecule has 0 saturated carbocycles. The number of aliphatic hydroxyl groups excluding tert-OH is 2. The summed E-state index contributed by atoms with van der Waals surface area (Å²) in [6.07, 6.45) is -3.88. The number of aliphatic hydroxyl groups is 2. The van der Waals surface area contributed by atoms with E-state index in [9.17, 15) is 19.8 Å². The minimum absolute atomic E-state index is 0.233. The Morgan fingerprint density at radius 2 is 1.56 bits per heavy atom. The van der Waals surface area contributed by atoms with Crippen LogP contribution in [0.2, 0.25) is 0 Å². The third-order valence-corrected chi connectivity index (χ3v) is 3.92. The molecule has 0 radical (unpaired) electrons. The number of benzene rings is 2. The molecule has 0 bridgehead atoms. The fraction of sp³-hybridized carbons (Fsp3) is 0.167. The number of hydrogen-bond acceptors (Lipinski definition) is 6. The van der Waals surface area contributed by atoms with Crippen molar-refractivity contribution in [3.8, 4) is 0 Å². The number of aryl methyl sites for hydroxylation is 1. The van der Waals surface area contributed by atoms with Crippen molar-refractivity contribution in [1.29, 1.82) is 0 Å². The first-order valence-electron chi connectivity index (χ1n) is 8.13. The molecule has 9 nitrogen and oxygen atoms in total. The number of nitrogens with two attached hydrogens (primary N) is 1. The molecule has 2 amide bonds. The van der Waals surface area contributed by atoms with Gasteiger partial charge in [0.25, 0.3) is 11.8 Å². The predicted octanol–water partition coefficient (Wildman–Crippen LogP) is 0.753. The van der Waals surface area contributed by atoms with Crippen molar-refractivity contribution >= 4 is 40.2 Å². The molecule has 1 heterocycles. The van der Waals surface area contributed by atoms with Gasteiger partial charge in [-0.05, 0) is 37.3 Å². The average Bonchev–Trinajstić information content (AvgIpc) is 3.01. The highest BCUT2D eigenvalue weighted by Crippen LogP contribution is 2.18. The number of H-pyrrole nitrogens is 1. The quantitative estimate of drug-likeness (QED) is 0.390. The predicted molar refractivity (Wildman–Crippen MR) is 101 cm³/mol. The van der Waals surface area contributed by atoms with Gasteiger partial charge in [0, 0.05) is 11.4 Å². The van der Waals surface area contributed by atoms with Gasteiger partial charge >= 0.3 is 0 Å². The van der Waals surface area contributed by atoms with Gasteiger partial charge in [0.2, 0.25) is 0 Å². The number of aromatic amines is 1. The Labute approximate surface area is 154 Å². The lowest BCUT2D eigenvalue weighted by Gasteiger charge is -2.17. The van der Waals surface area contributed by atoms with E-state index in [4.69, 9.17) is 5.73 Å². The van der Waals surface area contributed by atoms with E-state index in [1.54, 1.807) is 42.5 Å². The van der Waals surface area contributed by atoms with Crippen LogP contribution in [-0.4, -0.2) is 44.2 Å². The molecule has 0 aliphatic rings. The van der Waals surface area contributed by atoms with Gasteiger partial charge in [0.15, 0.2) is 18.2 Å². The molecule has 0 fully saturated rings. The van der Waals surface area contributed by atoms with Gasteiger partial charge in [0.1, 0.15) is 0 Å². The lowest BCUT2D eigenvalue weighted by molar-refractivity contribution is -0.139. The van der Waals surface area contributed by atoms with Gasteiger partial charge in [-0.15, -0.1) is 0 Å². The average molecular weight is 369 g/mol. The van der Waals surface area contributed by atoms with E-state index in [-0.39, 0.29) is 5.95 Å². The van der Waals surface area contributed by atoms with Crippen LogP contribution in [0.25, 0.3) is 11.0 Å². The minimum Gasteiger partial charge on any atom is -0.380 e. The molecule has 0 aliphatic heterocycles. The van der Waals surface area contributed by atoms with Crippen LogP contribution in [0.1, 0.15) is 5.56 Å². The van der Waals surface area contributed by atoms with Crippen molar-refractivity contribution in [3.05, 3.63) is 48.0 Å².